The zero-order valence-electron chi connectivity index (χ0n) is 11.0. The number of benzene rings is 1. The lowest BCUT2D eigenvalue weighted by atomic mass is 10.2. The lowest BCUT2D eigenvalue weighted by molar-refractivity contribution is -0.384. The standard InChI is InChI=1S/C12H16ClN3O4/c1-2-5-15-10(12(14)17)7-20-11-4-3-8(16(18)19)6-9(11)13/h3-4,6,10,15H,2,5,7H2,1H3,(H2,14,17). The van der Waals surface area contributed by atoms with Gasteiger partial charge in [-0.25, -0.2) is 0 Å². The molecule has 1 rings (SSSR count). The molecule has 1 aromatic rings. The van der Waals surface area contributed by atoms with Crippen molar-refractivity contribution in [3.63, 3.8) is 0 Å². The fraction of sp³-hybridized carbons (Fsp3) is 0.417. The van der Waals surface area contributed by atoms with Gasteiger partial charge < -0.3 is 15.8 Å². The molecular formula is C12H16ClN3O4. The van der Waals surface area contributed by atoms with Crippen LogP contribution in [0.5, 0.6) is 5.75 Å². The molecular weight excluding hydrogens is 286 g/mol. The Morgan fingerprint density at radius 2 is 2.30 bits per heavy atom. The Labute approximate surface area is 121 Å². The molecule has 7 nitrogen and oxygen atoms in total. The highest BCUT2D eigenvalue weighted by atomic mass is 35.5. The van der Waals surface area contributed by atoms with Gasteiger partial charge in [-0.2, -0.15) is 0 Å². The Bertz CT molecular complexity index is 496. The van der Waals surface area contributed by atoms with Gasteiger partial charge in [-0.05, 0) is 19.0 Å². The molecule has 0 aliphatic carbocycles. The predicted molar refractivity (Wildman–Crippen MR) is 74.9 cm³/mol. The lowest BCUT2D eigenvalue weighted by Gasteiger charge is -2.16. The maximum atomic E-state index is 11.2. The van der Waals surface area contributed by atoms with E-state index < -0.39 is 16.9 Å². The molecule has 1 amide bonds. The summed E-state index contributed by atoms with van der Waals surface area (Å²) >= 11 is 5.87. The summed E-state index contributed by atoms with van der Waals surface area (Å²) in [6.45, 7) is 2.59. The molecule has 0 saturated carbocycles. The number of nitro groups is 1. The smallest absolute Gasteiger partial charge is 0.271 e. The van der Waals surface area contributed by atoms with Crippen LogP contribution in [0.1, 0.15) is 13.3 Å². The molecule has 1 atom stereocenters. The van der Waals surface area contributed by atoms with Crippen LogP contribution in [0.3, 0.4) is 0 Å². The van der Waals surface area contributed by atoms with Gasteiger partial charge in [0.1, 0.15) is 18.4 Å². The van der Waals surface area contributed by atoms with Crippen molar-refractivity contribution < 1.29 is 14.5 Å². The number of ether oxygens (including phenoxy) is 1. The molecule has 8 heteroatoms. The van der Waals surface area contributed by atoms with Gasteiger partial charge in [-0.1, -0.05) is 18.5 Å². The van der Waals surface area contributed by atoms with Crippen LogP contribution in [0, 0.1) is 10.1 Å². The van der Waals surface area contributed by atoms with Crippen LogP contribution >= 0.6 is 11.6 Å². The van der Waals surface area contributed by atoms with Crippen LogP contribution in [-0.2, 0) is 4.79 Å². The third kappa shape index (κ3) is 4.67. The highest BCUT2D eigenvalue weighted by molar-refractivity contribution is 6.32. The summed E-state index contributed by atoms with van der Waals surface area (Å²) in [5, 5.41) is 13.6. The van der Waals surface area contributed by atoms with E-state index in [0.717, 1.165) is 6.42 Å². The number of nitrogens with zero attached hydrogens (tertiary/aromatic N) is 1. The minimum atomic E-state index is -0.638. The van der Waals surface area contributed by atoms with Crippen molar-refractivity contribution in [2.45, 2.75) is 19.4 Å². The predicted octanol–water partition coefficient (Wildman–Crippen LogP) is 1.48. The lowest BCUT2D eigenvalue weighted by Crippen LogP contribution is -2.45. The van der Waals surface area contributed by atoms with E-state index in [0.29, 0.717) is 6.54 Å². The largest absolute Gasteiger partial charge is 0.490 e. The zero-order chi connectivity index (χ0) is 15.1. The number of hydrogen-bond acceptors (Lipinski definition) is 5. The Balaban J connectivity index is 2.68. The number of carbonyl (C=O) groups excluding carboxylic acids is 1. The molecule has 0 radical (unpaired) electrons. The first kappa shape index (κ1) is 16.2. The molecule has 0 spiro atoms. The number of primary amides is 1. The van der Waals surface area contributed by atoms with Crippen LogP contribution < -0.4 is 15.8 Å². The average molecular weight is 302 g/mol. The SMILES string of the molecule is CCCNC(COc1ccc([N+](=O)[O-])cc1Cl)C(N)=O. The van der Waals surface area contributed by atoms with Gasteiger partial charge in [-0.3, -0.25) is 14.9 Å². The number of nitrogens with one attached hydrogen (secondary N) is 1. The van der Waals surface area contributed by atoms with E-state index in [1.165, 1.54) is 18.2 Å². The summed E-state index contributed by atoms with van der Waals surface area (Å²) in [7, 11) is 0. The number of halogens is 1. The average Bonchev–Trinajstić information content (AvgIpc) is 2.39. The number of nitro benzene ring substituents is 1. The van der Waals surface area contributed by atoms with Crippen molar-refractivity contribution in [1.29, 1.82) is 0 Å². The van der Waals surface area contributed by atoms with Gasteiger partial charge in [-0.15, -0.1) is 0 Å². The van der Waals surface area contributed by atoms with Crippen molar-refractivity contribution in [3.05, 3.63) is 33.3 Å². The molecule has 20 heavy (non-hydrogen) atoms. The first-order valence-corrected chi connectivity index (χ1v) is 6.43. The Morgan fingerprint density at radius 3 is 2.80 bits per heavy atom. The highest BCUT2D eigenvalue weighted by Crippen LogP contribution is 2.28. The van der Waals surface area contributed by atoms with E-state index >= 15 is 0 Å². The summed E-state index contributed by atoms with van der Waals surface area (Å²) in [5.74, 6) is -0.265. The van der Waals surface area contributed by atoms with Crippen LogP contribution in [0.15, 0.2) is 18.2 Å². The van der Waals surface area contributed by atoms with Crippen LogP contribution in [-0.4, -0.2) is 30.0 Å². The molecule has 3 N–H and O–H groups in total. The summed E-state index contributed by atoms with van der Waals surface area (Å²) in [4.78, 5) is 21.2. The Kier molecular flexibility index (Phi) is 6.20. The van der Waals surface area contributed by atoms with Crippen molar-refractivity contribution in [2.24, 2.45) is 5.73 Å². The minimum Gasteiger partial charge on any atom is -0.490 e. The third-order valence-electron chi connectivity index (χ3n) is 2.52. The van der Waals surface area contributed by atoms with Gasteiger partial charge in [0.25, 0.3) is 5.69 Å². The highest BCUT2D eigenvalue weighted by Gasteiger charge is 2.16. The summed E-state index contributed by atoms with van der Waals surface area (Å²) < 4.78 is 5.37. The van der Waals surface area contributed by atoms with Crippen LogP contribution in [0.25, 0.3) is 0 Å². The molecule has 0 heterocycles. The summed E-state index contributed by atoms with van der Waals surface area (Å²) in [6, 6.07) is 3.22. The van der Waals surface area contributed by atoms with Crippen molar-refractivity contribution >= 4 is 23.2 Å². The molecule has 110 valence electrons. The first-order chi connectivity index (χ1) is 9.45. The zero-order valence-corrected chi connectivity index (χ0v) is 11.7. The van der Waals surface area contributed by atoms with Gasteiger partial charge >= 0.3 is 0 Å². The Hall–Kier alpha value is -1.86. The topological polar surface area (TPSA) is 107 Å². The van der Waals surface area contributed by atoms with Crippen molar-refractivity contribution in [2.75, 3.05) is 13.2 Å². The maximum absolute atomic E-state index is 11.2. The van der Waals surface area contributed by atoms with Gasteiger partial charge in [0.2, 0.25) is 5.91 Å². The van der Waals surface area contributed by atoms with Gasteiger partial charge in [0, 0.05) is 12.1 Å². The molecule has 0 bridgehead atoms. The fourth-order valence-electron chi connectivity index (χ4n) is 1.45. The first-order valence-electron chi connectivity index (χ1n) is 6.05. The third-order valence-corrected chi connectivity index (χ3v) is 2.81. The monoisotopic (exact) mass is 301 g/mol. The molecule has 1 unspecified atom stereocenters. The second-order valence-electron chi connectivity index (χ2n) is 4.09. The second-order valence-corrected chi connectivity index (χ2v) is 4.50. The van der Waals surface area contributed by atoms with Gasteiger partial charge in [0.05, 0.1) is 9.95 Å². The molecule has 1 aromatic carbocycles. The van der Waals surface area contributed by atoms with E-state index in [4.69, 9.17) is 22.1 Å². The van der Waals surface area contributed by atoms with Crippen molar-refractivity contribution in [1.82, 2.24) is 5.32 Å². The number of non-ortho nitro benzene ring substituents is 1. The summed E-state index contributed by atoms with van der Waals surface area (Å²) in [5.41, 5.74) is 5.11. The second kappa shape index (κ2) is 7.66. The molecule has 0 aliphatic rings. The quantitative estimate of drug-likeness (QED) is 0.558. The van der Waals surface area contributed by atoms with E-state index in [-0.39, 0.29) is 23.1 Å². The number of carbonyl (C=O) groups is 1. The number of rotatable bonds is 8. The van der Waals surface area contributed by atoms with Crippen LogP contribution in [0.2, 0.25) is 5.02 Å². The van der Waals surface area contributed by atoms with Crippen LogP contribution in [0.4, 0.5) is 5.69 Å². The van der Waals surface area contributed by atoms with E-state index in [2.05, 4.69) is 5.32 Å². The van der Waals surface area contributed by atoms with E-state index in [1.807, 2.05) is 6.92 Å². The van der Waals surface area contributed by atoms with Gasteiger partial charge in [0.15, 0.2) is 0 Å². The number of amides is 1. The van der Waals surface area contributed by atoms with Crippen molar-refractivity contribution in [3.8, 4) is 5.75 Å². The number of hydrogen-bond donors (Lipinski definition) is 2. The Morgan fingerprint density at radius 1 is 1.60 bits per heavy atom. The van der Waals surface area contributed by atoms with E-state index in [9.17, 15) is 14.9 Å². The van der Waals surface area contributed by atoms with E-state index in [1.54, 1.807) is 0 Å². The molecule has 0 aromatic heterocycles. The maximum Gasteiger partial charge on any atom is 0.271 e. The minimum absolute atomic E-state index is 0.00681. The fourth-order valence-corrected chi connectivity index (χ4v) is 1.68. The summed E-state index contributed by atoms with van der Waals surface area (Å²) in [6.07, 6.45) is 0.849. The normalized spacial score (nSPS) is 11.9. The molecule has 0 saturated heterocycles. The molecule has 0 fully saturated rings. The molecule has 0 aliphatic heterocycles. The number of nitrogens with two attached hydrogens (primary N) is 1.